The van der Waals surface area contributed by atoms with Crippen molar-refractivity contribution in [2.45, 2.75) is 25.4 Å². The van der Waals surface area contributed by atoms with E-state index in [1.807, 2.05) is 29.1 Å². The van der Waals surface area contributed by atoms with Crippen LogP contribution in [0.4, 0.5) is 5.69 Å². The Kier molecular flexibility index (Phi) is 3.46. The maximum absolute atomic E-state index is 5.24. The number of rotatable bonds is 4. The van der Waals surface area contributed by atoms with Crippen LogP contribution in [0.1, 0.15) is 18.4 Å². The third-order valence-corrected chi connectivity index (χ3v) is 3.25. The first kappa shape index (κ1) is 12.2. The zero-order valence-corrected chi connectivity index (χ0v) is 11.4. The molecule has 3 rings (SSSR count). The van der Waals surface area contributed by atoms with Crippen LogP contribution in [-0.2, 0) is 6.54 Å². The van der Waals surface area contributed by atoms with Gasteiger partial charge in [0.1, 0.15) is 0 Å². The van der Waals surface area contributed by atoms with Gasteiger partial charge in [-0.25, -0.2) is 0 Å². The molecule has 2 aromatic rings. The van der Waals surface area contributed by atoms with Gasteiger partial charge < -0.3 is 10.6 Å². The van der Waals surface area contributed by atoms with Crippen molar-refractivity contribution in [3.05, 3.63) is 48.3 Å². The zero-order valence-electron chi connectivity index (χ0n) is 10.5. The molecule has 0 atom stereocenters. The van der Waals surface area contributed by atoms with E-state index in [0.717, 1.165) is 12.2 Å². The summed E-state index contributed by atoms with van der Waals surface area (Å²) in [5, 5.41) is 11.4. The fourth-order valence-electron chi connectivity index (χ4n) is 1.85. The van der Waals surface area contributed by atoms with Crippen molar-refractivity contribution in [1.82, 2.24) is 15.1 Å². The van der Waals surface area contributed by atoms with Gasteiger partial charge in [-0.1, -0.05) is 12.1 Å². The van der Waals surface area contributed by atoms with Gasteiger partial charge in [0.15, 0.2) is 5.11 Å². The van der Waals surface area contributed by atoms with Gasteiger partial charge in [-0.2, -0.15) is 5.10 Å². The van der Waals surface area contributed by atoms with Crippen LogP contribution in [0.25, 0.3) is 0 Å². The van der Waals surface area contributed by atoms with E-state index >= 15 is 0 Å². The van der Waals surface area contributed by atoms with Crippen molar-refractivity contribution < 1.29 is 0 Å². The van der Waals surface area contributed by atoms with E-state index in [2.05, 4.69) is 27.9 Å². The second kappa shape index (κ2) is 5.40. The van der Waals surface area contributed by atoms with Crippen molar-refractivity contribution in [2.75, 3.05) is 5.32 Å². The Morgan fingerprint density at radius 2 is 2.11 bits per heavy atom. The van der Waals surface area contributed by atoms with Gasteiger partial charge in [0.05, 0.1) is 6.54 Å². The zero-order chi connectivity index (χ0) is 13.1. The molecule has 1 aromatic carbocycles. The highest BCUT2D eigenvalue weighted by atomic mass is 32.1. The summed E-state index contributed by atoms with van der Waals surface area (Å²) in [5.74, 6) is 0. The molecule has 0 saturated heterocycles. The van der Waals surface area contributed by atoms with Gasteiger partial charge in [0.25, 0.3) is 0 Å². The Bertz CT molecular complexity index is 543. The molecular formula is C14H16N4S. The summed E-state index contributed by atoms with van der Waals surface area (Å²) in [6.45, 7) is 0.790. The van der Waals surface area contributed by atoms with Crippen molar-refractivity contribution in [2.24, 2.45) is 0 Å². The van der Waals surface area contributed by atoms with Crippen molar-refractivity contribution in [3.63, 3.8) is 0 Å². The van der Waals surface area contributed by atoms with Crippen LogP contribution in [0.2, 0.25) is 0 Å². The average molecular weight is 272 g/mol. The molecule has 1 heterocycles. The molecule has 1 aromatic heterocycles. The molecule has 2 N–H and O–H groups in total. The summed E-state index contributed by atoms with van der Waals surface area (Å²) in [4.78, 5) is 0. The Labute approximate surface area is 117 Å². The Morgan fingerprint density at radius 3 is 2.74 bits per heavy atom. The number of thiocarbonyl (C=S) groups is 1. The van der Waals surface area contributed by atoms with Crippen LogP contribution < -0.4 is 10.6 Å². The quantitative estimate of drug-likeness (QED) is 0.839. The Hall–Kier alpha value is -1.88. The van der Waals surface area contributed by atoms with Crippen LogP contribution in [0.15, 0.2) is 42.7 Å². The topological polar surface area (TPSA) is 41.9 Å². The first-order chi connectivity index (χ1) is 9.29. The lowest BCUT2D eigenvalue weighted by Crippen LogP contribution is -2.30. The van der Waals surface area contributed by atoms with E-state index in [4.69, 9.17) is 12.2 Å². The molecule has 98 valence electrons. The van der Waals surface area contributed by atoms with Crippen LogP contribution in [-0.4, -0.2) is 20.9 Å². The van der Waals surface area contributed by atoms with Gasteiger partial charge in [-0.15, -0.1) is 0 Å². The average Bonchev–Trinajstić information content (AvgIpc) is 3.05. The molecule has 0 bridgehead atoms. The van der Waals surface area contributed by atoms with Crippen molar-refractivity contribution in [3.8, 4) is 0 Å². The number of nitrogens with zero attached hydrogens (tertiary/aromatic N) is 2. The molecule has 1 aliphatic rings. The molecule has 4 nitrogen and oxygen atoms in total. The predicted octanol–water partition coefficient (Wildman–Crippen LogP) is 2.38. The van der Waals surface area contributed by atoms with Crippen molar-refractivity contribution >= 4 is 23.0 Å². The first-order valence-corrected chi connectivity index (χ1v) is 6.84. The van der Waals surface area contributed by atoms with Gasteiger partial charge in [0, 0.05) is 24.1 Å². The third-order valence-electron chi connectivity index (χ3n) is 3.03. The summed E-state index contributed by atoms with van der Waals surface area (Å²) >= 11 is 5.24. The molecule has 1 aliphatic carbocycles. The summed E-state index contributed by atoms with van der Waals surface area (Å²) in [6.07, 6.45) is 6.20. The summed E-state index contributed by atoms with van der Waals surface area (Å²) in [5.41, 5.74) is 2.23. The largest absolute Gasteiger partial charge is 0.360 e. The number of benzene rings is 1. The van der Waals surface area contributed by atoms with Gasteiger partial charge in [-0.3, -0.25) is 4.68 Å². The van der Waals surface area contributed by atoms with Crippen LogP contribution >= 0.6 is 12.2 Å². The number of aromatic nitrogens is 2. The maximum atomic E-state index is 5.24. The standard InChI is InChI=1S/C14H16N4S/c19-14(17-13-6-7-13)16-12-4-2-11(3-5-12)10-18-9-1-8-15-18/h1-5,8-9,13H,6-7,10H2,(H2,16,17,19). The predicted molar refractivity (Wildman–Crippen MR) is 80.1 cm³/mol. The Morgan fingerprint density at radius 1 is 1.32 bits per heavy atom. The number of nitrogens with one attached hydrogen (secondary N) is 2. The lowest BCUT2D eigenvalue weighted by Gasteiger charge is -2.10. The van der Waals surface area contributed by atoms with E-state index in [0.29, 0.717) is 11.2 Å². The fraction of sp³-hybridized carbons (Fsp3) is 0.286. The van der Waals surface area contributed by atoms with E-state index in [1.54, 1.807) is 6.20 Å². The van der Waals surface area contributed by atoms with E-state index in [9.17, 15) is 0 Å². The molecule has 19 heavy (non-hydrogen) atoms. The maximum Gasteiger partial charge on any atom is 0.170 e. The smallest absolute Gasteiger partial charge is 0.170 e. The summed E-state index contributed by atoms with van der Waals surface area (Å²) in [7, 11) is 0. The number of hydrogen-bond donors (Lipinski definition) is 2. The molecule has 5 heteroatoms. The van der Waals surface area contributed by atoms with Crippen LogP contribution in [0, 0.1) is 0 Å². The molecule has 0 unspecified atom stereocenters. The van der Waals surface area contributed by atoms with E-state index in [-0.39, 0.29) is 0 Å². The highest BCUT2D eigenvalue weighted by molar-refractivity contribution is 7.80. The molecule has 0 spiro atoms. The van der Waals surface area contributed by atoms with E-state index < -0.39 is 0 Å². The lowest BCUT2D eigenvalue weighted by molar-refractivity contribution is 0.687. The molecular weight excluding hydrogens is 256 g/mol. The minimum atomic E-state index is 0.582. The van der Waals surface area contributed by atoms with Crippen molar-refractivity contribution in [1.29, 1.82) is 0 Å². The third kappa shape index (κ3) is 3.54. The second-order valence-electron chi connectivity index (χ2n) is 4.77. The SMILES string of the molecule is S=C(Nc1ccc(Cn2cccn2)cc1)NC1CC1. The highest BCUT2D eigenvalue weighted by Gasteiger charge is 2.21. The monoisotopic (exact) mass is 272 g/mol. The fourth-order valence-corrected chi connectivity index (χ4v) is 2.14. The normalized spacial score (nSPS) is 14.1. The van der Waals surface area contributed by atoms with Crippen LogP contribution in [0.3, 0.4) is 0 Å². The first-order valence-electron chi connectivity index (χ1n) is 6.43. The van der Waals surface area contributed by atoms with Gasteiger partial charge in [0.2, 0.25) is 0 Å². The molecule has 1 fully saturated rings. The summed E-state index contributed by atoms with van der Waals surface area (Å²) in [6, 6.07) is 10.8. The molecule has 0 aliphatic heterocycles. The number of hydrogen-bond acceptors (Lipinski definition) is 2. The minimum absolute atomic E-state index is 0.582. The van der Waals surface area contributed by atoms with Gasteiger partial charge >= 0.3 is 0 Å². The Balaban J connectivity index is 1.57. The molecule has 0 radical (unpaired) electrons. The summed E-state index contributed by atoms with van der Waals surface area (Å²) < 4.78 is 1.90. The minimum Gasteiger partial charge on any atom is -0.360 e. The van der Waals surface area contributed by atoms with E-state index in [1.165, 1.54) is 18.4 Å². The molecule has 1 saturated carbocycles. The lowest BCUT2D eigenvalue weighted by atomic mass is 10.2. The highest BCUT2D eigenvalue weighted by Crippen LogP contribution is 2.19. The van der Waals surface area contributed by atoms with Gasteiger partial charge in [-0.05, 0) is 48.8 Å². The van der Waals surface area contributed by atoms with Crippen LogP contribution in [0.5, 0.6) is 0 Å². The second-order valence-corrected chi connectivity index (χ2v) is 5.18. The number of anilines is 1. The molecule has 0 amide bonds.